The molecule has 0 heterocycles. The highest BCUT2D eigenvalue weighted by Gasteiger charge is 2.38. The largest absolute Gasteiger partial charge is 0.491 e. The molecule has 0 radical (unpaired) electrons. The fourth-order valence-electron chi connectivity index (χ4n) is 1.99. The third-order valence-corrected chi connectivity index (χ3v) is 2.93. The topological polar surface area (TPSA) is 116 Å². The lowest BCUT2D eigenvalue weighted by Gasteiger charge is -2.32. The number of ether oxygens (including phenoxy) is 1. The molecule has 1 atom stereocenters. The molecule has 0 saturated heterocycles. The Balaban J connectivity index is 2.69. The van der Waals surface area contributed by atoms with Crippen molar-refractivity contribution in [2.75, 3.05) is 20.3 Å². The second-order valence-corrected chi connectivity index (χ2v) is 4.60. The van der Waals surface area contributed by atoms with Crippen molar-refractivity contribution in [1.82, 2.24) is 5.32 Å². The van der Waals surface area contributed by atoms with Crippen LogP contribution < -0.4 is 5.32 Å². The maximum atomic E-state index is 11.8. The Morgan fingerprint density at radius 3 is 2.68 bits per heavy atom. The fraction of sp³-hybridized carbons (Fsp3) is 0.667. The van der Waals surface area contributed by atoms with Crippen LogP contribution in [0.4, 0.5) is 0 Å². The van der Waals surface area contributed by atoms with Gasteiger partial charge in [-0.05, 0) is 6.42 Å². The number of methoxy groups -OCH3 is 1. The van der Waals surface area contributed by atoms with Crippen LogP contribution in [0, 0.1) is 0 Å². The number of carbonyl (C=O) groups excluding carboxylic acids is 1. The van der Waals surface area contributed by atoms with E-state index in [0.29, 0.717) is 18.7 Å². The van der Waals surface area contributed by atoms with Gasteiger partial charge in [-0.3, -0.25) is 9.59 Å². The lowest BCUT2D eigenvalue weighted by molar-refractivity contribution is -0.137. The maximum Gasteiger partial charge on any atom is 0.303 e. The number of nitrogens with one attached hydrogen (secondary N) is 1. The minimum atomic E-state index is -1.48. The van der Waals surface area contributed by atoms with E-state index in [4.69, 9.17) is 14.9 Å². The second kappa shape index (κ2) is 6.53. The van der Waals surface area contributed by atoms with E-state index in [2.05, 4.69) is 5.32 Å². The zero-order valence-corrected chi connectivity index (χ0v) is 10.8. The molecule has 108 valence electrons. The van der Waals surface area contributed by atoms with Crippen molar-refractivity contribution in [3.8, 4) is 0 Å². The number of rotatable bonds is 7. The Hall–Kier alpha value is -1.60. The number of carbonyl (C=O) groups is 2. The Morgan fingerprint density at radius 2 is 2.16 bits per heavy atom. The lowest BCUT2D eigenvalue weighted by atomic mass is 9.86. The highest BCUT2D eigenvalue weighted by molar-refractivity contribution is 5.95. The Bertz CT molecular complexity index is 392. The van der Waals surface area contributed by atoms with Crippen LogP contribution in [-0.2, 0) is 14.3 Å². The number of hydrogen-bond donors (Lipinski definition) is 4. The molecule has 0 saturated carbocycles. The molecule has 0 bridgehead atoms. The van der Waals surface area contributed by atoms with Gasteiger partial charge in [0.05, 0.1) is 19.4 Å². The van der Waals surface area contributed by atoms with Gasteiger partial charge in [0, 0.05) is 25.8 Å². The quantitative estimate of drug-likeness (QED) is 0.457. The number of hydrogen-bond acceptors (Lipinski definition) is 6. The number of ketones is 1. The maximum absolute atomic E-state index is 11.8. The van der Waals surface area contributed by atoms with Crippen LogP contribution in [-0.4, -0.2) is 52.9 Å². The van der Waals surface area contributed by atoms with Gasteiger partial charge in [-0.15, -0.1) is 0 Å². The van der Waals surface area contributed by atoms with Gasteiger partial charge in [0.1, 0.15) is 5.60 Å². The number of aliphatic hydroxyl groups is 2. The summed E-state index contributed by atoms with van der Waals surface area (Å²) < 4.78 is 4.99. The first-order valence-corrected chi connectivity index (χ1v) is 6.01. The fourth-order valence-corrected chi connectivity index (χ4v) is 1.99. The van der Waals surface area contributed by atoms with E-state index in [0.717, 1.165) is 0 Å². The zero-order chi connectivity index (χ0) is 14.5. The number of Topliss-reactive ketones (excluding diaryl/α,β-unsaturated/α-hetero) is 1. The molecule has 0 aromatic carbocycles. The zero-order valence-electron chi connectivity index (χ0n) is 10.8. The van der Waals surface area contributed by atoms with Crippen molar-refractivity contribution in [2.24, 2.45) is 0 Å². The van der Waals surface area contributed by atoms with E-state index in [1.54, 1.807) is 0 Å². The molecule has 0 unspecified atom stereocenters. The van der Waals surface area contributed by atoms with Gasteiger partial charge in [-0.2, -0.15) is 0 Å². The first-order valence-electron chi connectivity index (χ1n) is 6.01. The van der Waals surface area contributed by atoms with Gasteiger partial charge in [0.15, 0.2) is 5.76 Å². The molecule has 0 spiro atoms. The predicted molar refractivity (Wildman–Crippen MR) is 65.2 cm³/mol. The molecule has 7 nitrogen and oxygen atoms in total. The van der Waals surface area contributed by atoms with E-state index in [-0.39, 0.29) is 30.8 Å². The van der Waals surface area contributed by atoms with Gasteiger partial charge >= 0.3 is 5.97 Å². The molecule has 19 heavy (non-hydrogen) atoms. The summed E-state index contributed by atoms with van der Waals surface area (Å²) in [5.41, 5.74) is -1.07. The van der Waals surface area contributed by atoms with Crippen LogP contribution in [0.1, 0.15) is 25.7 Å². The van der Waals surface area contributed by atoms with Gasteiger partial charge in [0.25, 0.3) is 0 Å². The van der Waals surface area contributed by atoms with Crippen molar-refractivity contribution in [3.63, 3.8) is 0 Å². The molecule has 4 N–H and O–H groups in total. The number of allylic oxidation sites excluding steroid dienone is 1. The number of aliphatic hydroxyl groups excluding tert-OH is 1. The average molecular weight is 273 g/mol. The summed E-state index contributed by atoms with van der Waals surface area (Å²) in [5, 5.41) is 30.5. The third-order valence-electron chi connectivity index (χ3n) is 2.93. The molecule has 1 aliphatic carbocycles. The summed E-state index contributed by atoms with van der Waals surface area (Å²) in [6.45, 7) is -0.167. The Kier molecular flexibility index (Phi) is 5.31. The predicted octanol–water partition coefficient (Wildman–Crippen LogP) is -0.615. The standard InChI is InChI=1S/C12H19NO6/c1-19-11-8(13-4-2-3-10(16)17)5-12(18,7-14)6-9(11)15/h13-14,18H,2-7H2,1H3,(H,16,17)/t12-/m0/s1. The second-order valence-electron chi connectivity index (χ2n) is 4.60. The molecule has 7 heteroatoms. The van der Waals surface area contributed by atoms with E-state index in [1.165, 1.54) is 7.11 Å². The van der Waals surface area contributed by atoms with E-state index in [1.807, 2.05) is 0 Å². The van der Waals surface area contributed by atoms with Crippen LogP contribution >= 0.6 is 0 Å². The Morgan fingerprint density at radius 1 is 1.47 bits per heavy atom. The van der Waals surface area contributed by atoms with Crippen LogP contribution in [0.2, 0.25) is 0 Å². The number of carboxylic acids is 1. The molecular formula is C12H19NO6. The number of aliphatic carboxylic acids is 1. The molecule has 0 aromatic rings. The molecule has 1 aliphatic rings. The molecule has 0 amide bonds. The lowest BCUT2D eigenvalue weighted by Crippen LogP contribution is -2.43. The van der Waals surface area contributed by atoms with Gasteiger partial charge in [-0.1, -0.05) is 0 Å². The average Bonchev–Trinajstić information content (AvgIpc) is 2.34. The molecule has 0 aliphatic heterocycles. The molecule has 0 aromatic heterocycles. The van der Waals surface area contributed by atoms with Gasteiger partial charge in [0.2, 0.25) is 5.78 Å². The van der Waals surface area contributed by atoms with Crippen LogP contribution in [0.15, 0.2) is 11.5 Å². The van der Waals surface area contributed by atoms with Crippen LogP contribution in [0.5, 0.6) is 0 Å². The van der Waals surface area contributed by atoms with Crippen molar-refractivity contribution in [2.45, 2.75) is 31.3 Å². The molecular weight excluding hydrogens is 254 g/mol. The van der Waals surface area contributed by atoms with E-state index >= 15 is 0 Å². The Labute approximate surface area is 110 Å². The van der Waals surface area contributed by atoms with Gasteiger partial charge < -0.3 is 25.4 Å². The third kappa shape index (κ3) is 4.22. The SMILES string of the molecule is COC1=C(NCCCC(=O)O)C[C@@](O)(CO)CC1=O. The summed E-state index contributed by atoms with van der Waals surface area (Å²) >= 11 is 0. The first kappa shape index (κ1) is 15.5. The summed E-state index contributed by atoms with van der Waals surface area (Å²) in [5.74, 6) is -1.14. The van der Waals surface area contributed by atoms with E-state index < -0.39 is 18.2 Å². The van der Waals surface area contributed by atoms with Crippen molar-refractivity contribution < 1.29 is 29.6 Å². The minimum Gasteiger partial charge on any atom is -0.491 e. The minimum absolute atomic E-state index is 0.0147. The molecule has 0 fully saturated rings. The summed E-state index contributed by atoms with van der Waals surface area (Å²) in [6, 6.07) is 0. The van der Waals surface area contributed by atoms with Crippen molar-refractivity contribution >= 4 is 11.8 Å². The highest BCUT2D eigenvalue weighted by atomic mass is 16.5. The normalized spacial score (nSPS) is 23.4. The molecule has 1 rings (SSSR count). The summed E-state index contributed by atoms with van der Waals surface area (Å²) in [7, 11) is 1.36. The monoisotopic (exact) mass is 273 g/mol. The van der Waals surface area contributed by atoms with E-state index in [9.17, 15) is 14.7 Å². The van der Waals surface area contributed by atoms with Crippen LogP contribution in [0.25, 0.3) is 0 Å². The van der Waals surface area contributed by atoms with Crippen LogP contribution in [0.3, 0.4) is 0 Å². The van der Waals surface area contributed by atoms with Gasteiger partial charge in [-0.25, -0.2) is 0 Å². The highest BCUT2D eigenvalue weighted by Crippen LogP contribution is 2.29. The summed E-state index contributed by atoms with van der Waals surface area (Å²) in [4.78, 5) is 22.1. The van der Waals surface area contributed by atoms with Crippen molar-refractivity contribution in [3.05, 3.63) is 11.5 Å². The number of carboxylic acid groups (broad SMARTS) is 1. The summed E-state index contributed by atoms with van der Waals surface area (Å²) in [6.07, 6.45) is 0.293. The van der Waals surface area contributed by atoms with Crippen molar-refractivity contribution in [1.29, 1.82) is 0 Å². The smallest absolute Gasteiger partial charge is 0.303 e. The first-order chi connectivity index (χ1) is 8.91.